The zero-order valence-electron chi connectivity index (χ0n) is 12.6. The maximum absolute atomic E-state index is 12.2. The van der Waals surface area contributed by atoms with Crippen LogP contribution in [0.5, 0.6) is 0 Å². The van der Waals surface area contributed by atoms with Crippen molar-refractivity contribution in [1.82, 2.24) is 15.3 Å². The van der Waals surface area contributed by atoms with Crippen LogP contribution in [-0.4, -0.2) is 22.1 Å². The molecule has 0 spiro atoms. The van der Waals surface area contributed by atoms with Gasteiger partial charge in [-0.1, -0.05) is 19.1 Å². The minimum absolute atomic E-state index is 0.0211. The van der Waals surface area contributed by atoms with E-state index in [1.165, 1.54) is 4.90 Å². The summed E-state index contributed by atoms with van der Waals surface area (Å²) >= 11 is 1.70. The van der Waals surface area contributed by atoms with Crippen molar-refractivity contribution in [3.05, 3.63) is 47.5 Å². The molecule has 1 aromatic heterocycles. The molecular weight excluding hydrogens is 282 g/mol. The second-order valence-corrected chi connectivity index (χ2v) is 5.88. The van der Waals surface area contributed by atoms with E-state index in [4.69, 9.17) is 0 Å². The van der Waals surface area contributed by atoms with Gasteiger partial charge >= 0.3 is 0 Å². The highest BCUT2D eigenvalue weighted by Crippen LogP contribution is 2.16. The highest BCUT2D eigenvalue weighted by atomic mass is 32.2. The Hall–Kier alpha value is -1.75. The first-order chi connectivity index (χ1) is 10.1. The average molecular weight is 303 g/mol. The topological polar surface area (TPSA) is 57.8 Å². The largest absolute Gasteiger partial charge is 0.346 e. The summed E-state index contributed by atoms with van der Waals surface area (Å²) in [7, 11) is 0. The molecule has 0 bridgehead atoms. The van der Waals surface area contributed by atoms with E-state index >= 15 is 0 Å². The Balaban J connectivity index is 1.96. The van der Waals surface area contributed by atoms with E-state index in [-0.39, 0.29) is 11.9 Å². The standard InChI is InChI=1S/C16H21N3OS/c1-4-14(16-17-10-11(2)18-16)19-15(20)9-12-5-7-13(21-3)8-6-12/h5-8,10,14H,4,9H2,1-3H3,(H,17,18)(H,19,20). The molecule has 1 heterocycles. The predicted molar refractivity (Wildman–Crippen MR) is 86.4 cm³/mol. The number of amides is 1. The SMILES string of the molecule is CCC(NC(=O)Cc1ccc(SC)cc1)c1ncc(C)[nH]1. The molecule has 2 rings (SSSR count). The molecule has 21 heavy (non-hydrogen) atoms. The lowest BCUT2D eigenvalue weighted by atomic mass is 10.1. The molecule has 0 fully saturated rings. The summed E-state index contributed by atoms with van der Waals surface area (Å²) < 4.78 is 0. The number of carbonyl (C=O) groups excluding carboxylic acids is 1. The molecule has 1 unspecified atom stereocenters. The maximum Gasteiger partial charge on any atom is 0.225 e. The molecule has 2 aromatic rings. The number of hydrogen-bond donors (Lipinski definition) is 2. The van der Waals surface area contributed by atoms with E-state index in [1.54, 1.807) is 18.0 Å². The van der Waals surface area contributed by atoms with Crippen molar-refractivity contribution in [2.75, 3.05) is 6.26 Å². The van der Waals surface area contributed by atoms with E-state index < -0.39 is 0 Å². The smallest absolute Gasteiger partial charge is 0.225 e. The number of nitrogens with one attached hydrogen (secondary N) is 2. The zero-order chi connectivity index (χ0) is 15.2. The van der Waals surface area contributed by atoms with Gasteiger partial charge in [0.1, 0.15) is 5.82 Å². The molecular formula is C16H21N3OS. The van der Waals surface area contributed by atoms with Crippen LogP contribution in [0.2, 0.25) is 0 Å². The van der Waals surface area contributed by atoms with Crippen LogP contribution in [-0.2, 0) is 11.2 Å². The van der Waals surface area contributed by atoms with Crippen molar-refractivity contribution < 1.29 is 4.79 Å². The Kier molecular flexibility index (Phi) is 5.44. The summed E-state index contributed by atoms with van der Waals surface area (Å²) in [5, 5.41) is 3.04. The molecule has 0 radical (unpaired) electrons. The number of hydrogen-bond acceptors (Lipinski definition) is 3. The number of aryl methyl sites for hydroxylation is 1. The quantitative estimate of drug-likeness (QED) is 0.805. The Labute approximate surface area is 129 Å². The van der Waals surface area contributed by atoms with Crippen molar-refractivity contribution in [2.45, 2.75) is 37.6 Å². The second-order valence-electron chi connectivity index (χ2n) is 5.00. The number of nitrogens with zero attached hydrogens (tertiary/aromatic N) is 1. The number of benzene rings is 1. The normalized spacial score (nSPS) is 12.1. The summed E-state index contributed by atoms with van der Waals surface area (Å²) in [5.74, 6) is 0.842. The van der Waals surface area contributed by atoms with Crippen molar-refractivity contribution in [3.8, 4) is 0 Å². The molecule has 1 aromatic carbocycles. The van der Waals surface area contributed by atoms with Crippen molar-refractivity contribution in [1.29, 1.82) is 0 Å². The molecule has 0 aliphatic rings. The third-order valence-corrected chi connectivity index (χ3v) is 4.06. The second kappa shape index (κ2) is 7.31. The van der Waals surface area contributed by atoms with Gasteiger partial charge in [-0.25, -0.2) is 4.98 Å². The summed E-state index contributed by atoms with van der Waals surface area (Å²) in [6.07, 6.45) is 5.03. The molecule has 1 amide bonds. The minimum Gasteiger partial charge on any atom is -0.346 e. The van der Waals surface area contributed by atoms with Crippen molar-refractivity contribution in [2.24, 2.45) is 0 Å². The average Bonchev–Trinajstić information content (AvgIpc) is 2.92. The molecule has 5 heteroatoms. The number of carbonyl (C=O) groups is 1. The first-order valence-electron chi connectivity index (χ1n) is 7.06. The molecule has 0 saturated carbocycles. The highest BCUT2D eigenvalue weighted by molar-refractivity contribution is 7.98. The van der Waals surface area contributed by atoms with Gasteiger partial charge in [0.15, 0.2) is 0 Å². The van der Waals surface area contributed by atoms with Gasteiger partial charge in [-0.15, -0.1) is 11.8 Å². The number of thioether (sulfide) groups is 1. The van der Waals surface area contributed by atoms with Gasteiger partial charge in [-0.2, -0.15) is 0 Å². The molecule has 112 valence electrons. The first kappa shape index (κ1) is 15.6. The summed E-state index contributed by atoms with van der Waals surface area (Å²) in [4.78, 5) is 20.8. The Morgan fingerprint density at radius 2 is 2.10 bits per heavy atom. The lowest BCUT2D eigenvalue weighted by Crippen LogP contribution is -2.30. The fourth-order valence-electron chi connectivity index (χ4n) is 2.15. The van der Waals surface area contributed by atoms with Crippen molar-refractivity contribution in [3.63, 3.8) is 0 Å². The van der Waals surface area contributed by atoms with Crippen LogP contribution in [0.1, 0.15) is 36.5 Å². The Bertz CT molecular complexity index is 592. The fraction of sp³-hybridized carbons (Fsp3) is 0.375. The van der Waals surface area contributed by atoms with Gasteiger partial charge < -0.3 is 10.3 Å². The van der Waals surface area contributed by atoms with E-state index in [1.807, 2.05) is 44.4 Å². The van der Waals surface area contributed by atoms with E-state index in [2.05, 4.69) is 15.3 Å². The third-order valence-electron chi connectivity index (χ3n) is 3.32. The van der Waals surface area contributed by atoms with Crippen LogP contribution < -0.4 is 5.32 Å². The number of rotatable bonds is 6. The van der Waals surface area contributed by atoms with Gasteiger partial charge in [0.25, 0.3) is 0 Å². The molecule has 4 nitrogen and oxygen atoms in total. The number of H-pyrrole nitrogens is 1. The minimum atomic E-state index is -0.0586. The van der Waals surface area contributed by atoms with E-state index in [9.17, 15) is 4.79 Å². The van der Waals surface area contributed by atoms with Gasteiger partial charge in [0.05, 0.1) is 12.5 Å². The first-order valence-corrected chi connectivity index (χ1v) is 8.28. The predicted octanol–water partition coefficient (Wildman–Crippen LogP) is 3.25. The van der Waals surface area contributed by atoms with E-state index in [0.717, 1.165) is 23.5 Å². The van der Waals surface area contributed by atoms with Gasteiger partial charge in [0, 0.05) is 16.8 Å². The van der Waals surface area contributed by atoms with Gasteiger partial charge in [0.2, 0.25) is 5.91 Å². The van der Waals surface area contributed by atoms with Gasteiger partial charge in [-0.3, -0.25) is 4.79 Å². The third kappa shape index (κ3) is 4.36. The van der Waals surface area contributed by atoms with Crippen LogP contribution in [0.3, 0.4) is 0 Å². The Morgan fingerprint density at radius 1 is 1.38 bits per heavy atom. The molecule has 0 saturated heterocycles. The van der Waals surface area contributed by atoms with Crippen LogP contribution in [0.4, 0.5) is 0 Å². The number of imidazole rings is 1. The molecule has 2 N–H and O–H groups in total. The zero-order valence-corrected chi connectivity index (χ0v) is 13.5. The van der Waals surface area contributed by atoms with Gasteiger partial charge in [-0.05, 0) is 37.3 Å². The Morgan fingerprint density at radius 3 is 2.62 bits per heavy atom. The molecule has 0 aliphatic heterocycles. The number of aromatic amines is 1. The molecule has 0 aliphatic carbocycles. The molecule has 1 atom stereocenters. The summed E-state index contributed by atoms with van der Waals surface area (Å²) in [5.41, 5.74) is 2.03. The van der Waals surface area contributed by atoms with Crippen LogP contribution >= 0.6 is 11.8 Å². The maximum atomic E-state index is 12.2. The summed E-state index contributed by atoms with van der Waals surface area (Å²) in [6.45, 7) is 3.99. The van der Waals surface area contributed by atoms with Crippen LogP contribution in [0.15, 0.2) is 35.4 Å². The van der Waals surface area contributed by atoms with E-state index in [0.29, 0.717) is 6.42 Å². The van der Waals surface area contributed by atoms with Crippen molar-refractivity contribution >= 4 is 17.7 Å². The highest BCUT2D eigenvalue weighted by Gasteiger charge is 2.15. The summed E-state index contributed by atoms with van der Waals surface area (Å²) in [6, 6.07) is 8.03. The van der Waals surface area contributed by atoms with Crippen LogP contribution in [0, 0.1) is 6.92 Å². The lowest BCUT2D eigenvalue weighted by Gasteiger charge is -2.14. The fourth-order valence-corrected chi connectivity index (χ4v) is 2.56. The lowest BCUT2D eigenvalue weighted by molar-refractivity contribution is -0.121. The number of aromatic nitrogens is 2. The van der Waals surface area contributed by atoms with Crippen LogP contribution in [0.25, 0.3) is 0 Å². The monoisotopic (exact) mass is 303 g/mol.